The van der Waals surface area contributed by atoms with Crippen molar-refractivity contribution in [2.75, 3.05) is 37.7 Å². The van der Waals surface area contributed by atoms with E-state index in [0.29, 0.717) is 6.61 Å². The molecule has 0 radical (unpaired) electrons. The third-order valence-corrected chi connectivity index (χ3v) is 5.18. The zero-order chi connectivity index (χ0) is 18.5. The minimum absolute atomic E-state index is 0.0412. The van der Waals surface area contributed by atoms with Crippen molar-refractivity contribution in [1.82, 2.24) is 9.88 Å². The van der Waals surface area contributed by atoms with Crippen molar-refractivity contribution in [3.8, 4) is 0 Å². The van der Waals surface area contributed by atoms with Crippen LogP contribution in [0.5, 0.6) is 0 Å². The number of hydrogen-bond acceptors (Lipinski definition) is 5. The molecule has 0 saturated carbocycles. The molecule has 0 N–H and O–H groups in total. The molecule has 0 spiro atoms. The number of morpholine rings is 1. The Morgan fingerprint density at radius 1 is 1.11 bits per heavy atom. The molecule has 0 bridgehead atoms. The molecular weight excluding hydrogens is 342 g/mol. The van der Waals surface area contributed by atoms with Crippen LogP contribution in [-0.2, 0) is 16.1 Å². The minimum atomic E-state index is -0.251. The van der Waals surface area contributed by atoms with Gasteiger partial charge in [-0.25, -0.2) is 9.78 Å². The Hall–Kier alpha value is -2.60. The number of hydrogen-bond donors (Lipinski definition) is 0. The Morgan fingerprint density at radius 2 is 1.93 bits per heavy atom. The van der Waals surface area contributed by atoms with E-state index in [0.717, 1.165) is 62.6 Å². The summed E-state index contributed by atoms with van der Waals surface area (Å²) in [5.74, 6) is 0.971. The number of carbonyl (C=O) groups excluding carboxylic acids is 1. The molecule has 2 saturated heterocycles. The SMILES string of the molecule is O=C(OCc1ccccc1)N1CCC[C@H]1c1ccc(N2CCOCC2)nc1. The van der Waals surface area contributed by atoms with Crippen LogP contribution in [0, 0.1) is 0 Å². The fraction of sp³-hybridized carbons (Fsp3) is 0.429. The van der Waals surface area contributed by atoms with Gasteiger partial charge < -0.3 is 19.3 Å². The molecule has 1 amide bonds. The molecule has 142 valence electrons. The third kappa shape index (κ3) is 4.22. The number of benzene rings is 1. The molecule has 4 rings (SSSR count). The van der Waals surface area contributed by atoms with Crippen molar-refractivity contribution in [3.63, 3.8) is 0 Å². The number of pyridine rings is 1. The molecule has 2 aliphatic heterocycles. The highest BCUT2D eigenvalue weighted by molar-refractivity contribution is 5.68. The van der Waals surface area contributed by atoms with E-state index in [9.17, 15) is 4.79 Å². The minimum Gasteiger partial charge on any atom is -0.445 e. The van der Waals surface area contributed by atoms with Crippen molar-refractivity contribution in [2.45, 2.75) is 25.5 Å². The molecule has 3 heterocycles. The number of aromatic nitrogens is 1. The predicted octanol–water partition coefficient (Wildman–Crippen LogP) is 3.39. The molecule has 0 aliphatic carbocycles. The molecule has 6 heteroatoms. The second-order valence-electron chi connectivity index (χ2n) is 6.94. The number of ether oxygens (including phenoxy) is 2. The fourth-order valence-corrected chi connectivity index (χ4v) is 3.71. The van der Waals surface area contributed by atoms with Crippen LogP contribution in [0.1, 0.15) is 30.0 Å². The van der Waals surface area contributed by atoms with Crippen LogP contribution < -0.4 is 4.90 Å². The van der Waals surface area contributed by atoms with Gasteiger partial charge in [-0.05, 0) is 30.0 Å². The molecule has 27 heavy (non-hydrogen) atoms. The van der Waals surface area contributed by atoms with Crippen LogP contribution in [0.25, 0.3) is 0 Å². The summed E-state index contributed by atoms with van der Waals surface area (Å²) >= 11 is 0. The third-order valence-electron chi connectivity index (χ3n) is 5.18. The van der Waals surface area contributed by atoms with Gasteiger partial charge in [0.15, 0.2) is 0 Å². The summed E-state index contributed by atoms with van der Waals surface area (Å²) in [7, 11) is 0. The van der Waals surface area contributed by atoms with Crippen LogP contribution in [-0.4, -0.2) is 48.8 Å². The van der Waals surface area contributed by atoms with Crippen molar-refractivity contribution in [1.29, 1.82) is 0 Å². The van der Waals surface area contributed by atoms with Gasteiger partial charge in [0, 0.05) is 25.8 Å². The fourth-order valence-electron chi connectivity index (χ4n) is 3.71. The lowest BCUT2D eigenvalue weighted by atomic mass is 10.1. The maximum absolute atomic E-state index is 12.6. The topological polar surface area (TPSA) is 54.9 Å². The number of carbonyl (C=O) groups is 1. The summed E-state index contributed by atoms with van der Waals surface area (Å²) in [6.07, 6.45) is 3.58. The molecule has 2 fully saturated rings. The molecule has 1 aromatic heterocycles. The van der Waals surface area contributed by atoms with Gasteiger partial charge >= 0.3 is 6.09 Å². The summed E-state index contributed by atoms with van der Waals surface area (Å²) in [6, 6.07) is 14.0. The average molecular weight is 367 g/mol. The van der Waals surface area contributed by atoms with Crippen LogP contribution in [0.2, 0.25) is 0 Å². The summed E-state index contributed by atoms with van der Waals surface area (Å²) in [5.41, 5.74) is 2.07. The Balaban J connectivity index is 1.39. The predicted molar refractivity (Wildman–Crippen MR) is 103 cm³/mol. The van der Waals surface area contributed by atoms with Crippen LogP contribution >= 0.6 is 0 Å². The van der Waals surface area contributed by atoms with E-state index in [2.05, 4.69) is 16.0 Å². The summed E-state index contributed by atoms with van der Waals surface area (Å²) < 4.78 is 10.9. The second-order valence-corrected chi connectivity index (χ2v) is 6.94. The van der Waals surface area contributed by atoms with Gasteiger partial charge in [-0.3, -0.25) is 0 Å². The number of amides is 1. The molecule has 6 nitrogen and oxygen atoms in total. The molecule has 2 aromatic rings. The van der Waals surface area contributed by atoms with E-state index >= 15 is 0 Å². The van der Waals surface area contributed by atoms with Crippen LogP contribution in [0.15, 0.2) is 48.7 Å². The highest BCUT2D eigenvalue weighted by Gasteiger charge is 2.31. The normalized spacial score (nSPS) is 19.9. The molecule has 0 unspecified atom stereocenters. The summed E-state index contributed by atoms with van der Waals surface area (Å²) in [6.45, 7) is 4.25. The summed E-state index contributed by atoms with van der Waals surface area (Å²) in [5, 5.41) is 0. The van der Waals surface area contributed by atoms with Crippen molar-refractivity contribution in [3.05, 3.63) is 59.8 Å². The standard InChI is InChI=1S/C21H25N3O3/c25-21(27-16-17-5-2-1-3-6-17)24-10-4-7-19(24)18-8-9-20(22-15-18)23-11-13-26-14-12-23/h1-3,5-6,8-9,15,19H,4,7,10-14,16H2/t19-/m0/s1. The quantitative estimate of drug-likeness (QED) is 0.829. The first kappa shape index (κ1) is 17.8. The van der Waals surface area contributed by atoms with Gasteiger partial charge in [0.1, 0.15) is 12.4 Å². The number of nitrogens with zero attached hydrogens (tertiary/aromatic N) is 3. The van der Waals surface area contributed by atoms with Gasteiger partial charge in [-0.1, -0.05) is 36.4 Å². The zero-order valence-corrected chi connectivity index (χ0v) is 15.4. The Labute approximate surface area is 159 Å². The maximum Gasteiger partial charge on any atom is 0.410 e. The van der Waals surface area contributed by atoms with E-state index in [1.54, 1.807) is 0 Å². The number of rotatable bonds is 4. The molecule has 2 aliphatic rings. The largest absolute Gasteiger partial charge is 0.445 e. The van der Waals surface area contributed by atoms with E-state index < -0.39 is 0 Å². The van der Waals surface area contributed by atoms with Gasteiger partial charge in [-0.15, -0.1) is 0 Å². The monoisotopic (exact) mass is 367 g/mol. The highest BCUT2D eigenvalue weighted by Crippen LogP contribution is 2.32. The van der Waals surface area contributed by atoms with E-state index in [1.807, 2.05) is 47.5 Å². The second kappa shape index (κ2) is 8.39. The number of anilines is 1. The Kier molecular flexibility index (Phi) is 5.53. The Morgan fingerprint density at radius 3 is 2.67 bits per heavy atom. The lowest BCUT2D eigenvalue weighted by Crippen LogP contribution is -2.36. The van der Waals surface area contributed by atoms with Crippen molar-refractivity contribution in [2.24, 2.45) is 0 Å². The maximum atomic E-state index is 12.6. The smallest absolute Gasteiger partial charge is 0.410 e. The average Bonchev–Trinajstić information content (AvgIpc) is 3.24. The van der Waals surface area contributed by atoms with Gasteiger partial charge in [0.05, 0.1) is 19.3 Å². The van der Waals surface area contributed by atoms with Crippen LogP contribution in [0.3, 0.4) is 0 Å². The summed E-state index contributed by atoms with van der Waals surface area (Å²) in [4.78, 5) is 21.3. The van der Waals surface area contributed by atoms with E-state index in [1.165, 1.54) is 0 Å². The van der Waals surface area contributed by atoms with Crippen molar-refractivity contribution >= 4 is 11.9 Å². The first-order valence-corrected chi connectivity index (χ1v) is 9.57. The lowest BCUT2D eigenvalue weighted by Gasteiger charge is -2.28. The van der Waals surface area contributed by atoms with E-state index in [4.69, 9.17) is 9.47 Å². The molecule has 1 aromatic carbocycles. The first-order chi connectivity index (χ1) is 13.3. The molecule has 1 atom stereocenters. The van der Waals surface area contributed by atoms with Crippen molar-refractivity contribution < 1.29 is 14.3 Å². The van der Waals surface area contributed by atoms with Gasteiger partial charge in [0.25, 0.3) is 0 Å². The first-order valence-electron chi connectivity index (χ1n) is 9.57. The lowest BCUT2D eigenvalue weighted by molar-refractivity contribution is 0.0920. The van der Waals surface area contributed by atoms with Crippen LogP contribution in [0.4, 0.5) is 10.6 Å². The van der Waals surface area contributed by atoms with Gasteiger partial charge in [0.2, 0.25) is 0 Å². The van der Waals surface area contributed by atoms with E-state index in [-0.39, 0.29) is 12.1 Å². The molecular formula is C21H25N3O3. The highest BCUT2D eigenvalue weighted by atomic mass is 16.6. The number of likely N-dealkylation sites (tertiary alicyclic amines) is 1. The Bertz CT molecular complexity index is 745. The van der Waals surface area contributed by atoms with Gasteiger partial charge in [-0.2, -0.15) is 0 Å². The zero-order valence-electron chi connectivity index (χ0n) is 15.4.